The van der Waals surface area contributed by atoms with Crippen LogP contribution in [0.1, 0.15) is 26.3 Å². The van der Waals surface area contributed by atoms with Gasteiger partial charge in [0.2, 0.25) is 5.95 Å². The molecule has 2 aromatic heterocycles. The number of imidazole rings is 1. The molecule has 0 saturated carbocycles. The third kappa shape index (κ3) is 4.49. The number of amides is 1. The number of piperazine rings is 1. The normalized spacial score (nSPS) is 14.2. The minimum Gasteiger partial charge on any atom is -0.465 e. The lowest BCUT2D eigenvalue weighted by Gasteiger charge is -2.34. The van der Waals surface area contributed by atoms with E-state index in [1.54, 1.807) is 43.5 Å². The first-order valence-corrected chi connectivity index (χ1v) is 11.4. The topological polar surface area (TPSA) is 143 Å². The summed E-state index contributed by atoms with van der Waals surface area (Å²) in [6.45, 7) is 9.51. The number of carbonyl (C=O) groups excluding carboxylic acids is 1. The molecule has 1 amide bonds. The minimum atomic E-state index is -1.00. The molecule has 0 aliphatic carbocycles. The highest BCUT2D eigenvalue weighted by molar-refractivity contribution is 5.79. The van der Waals surface area contributed by atoms with Crippen molar-refractivity contribution in [1.29, 1.82) is 0 Å². The summed E-state index contributed by atoms with van der Waals surface area (Å²) < 4.78 is 7.68. The molecule has 3 aromatic rings. The van der Waals surface area contributed by atoms with Gasteiger partial charge in [0, 0.05) is 26.2 Å². The fraction of sp³-hybridized carbons (Fsp3) is 0.375. The summed E-state index contributed by atoms with van der Waals surface area (Å²) in [4.78, 5) is 60.3. The number of anilines is 1. The van der Waals surface area contributed by atoms with Gasteiger partial charge in [0.15, 0.2) is 17.9 Å². The molecule has 1 aliphatic rings. The number of hydrogen-bond acceptors (Lipinski definition) is 7. The molecule has 3 heterocycles. The van der Waals surface area contributed by atoms with Crippen LogP contribution in [0.15, 0.2) is 40.4 Å². The van der Waals surface area contributed by atoms with Crippen molar-refractivity contribution < 1.29 is 19.4 Å². The second-order valence-electron chi connectivity index (χ2n) is 9.44. The lowest BCUT2D eigenvalue weighted by Crippen LogP contribution is -2.49. The number of carbonyl (C=O) groups is 2. The first-order chi connectivity index (χ1) is 17.0. The maximum absolute atomic E-state index is 13.6. The Kier molecular flexibility index (Phi) is 6.44. The highest BCUT2D eigenvalue weighted by atomic mass is 16.5. The zero-order chi connectivity index (χ0) is 26.2. The highest BCUT2D eigenvalue weighted by Crippen LogP contribution is 2.27. The summed E-state index contributed by atoms with van der Waals surface area (Å²) in [5, 5.41) is 9.30. The molecule has 1 saturated heterocycles. The Bertz CT molecular complexity index is 1450. The first kappa shape index (κ1) is 24.8. The van der Waals surface area contributed by atoms with Crippen molar-refractivity contribution in [2.75, 3.05) is 31.1 Å². The molecular formula is C24H28N6O6. The summed E-state index contributed by atoms with van der Waals surface area (Å²) in [6, 6.07) is 7.26. The minimum absolute atomic E-state index is 0.0675. The van der Waals surface area contributed by atoms with Gasteiger partial charge >= 0.3 is 17.8 Å². The Labute approximate surface area is 206 Å². The number of aromatic amines is 1. The summed E-state index contributed by atoms with van der Waals surface area (Å²) >= 11 is 0. The quantitative estimate of drug-likeness (QED) is 0.510. The molecule has 0 unspecified atom stereocenters. The lowest BCUT2D eigenvalue weighted by atomic mass is 9.98. The molecule has 2 N–H and O–H groups in total. The van der Waals surface area contributed by atoms with Gasteiger partial charge in [-0.3, -0.25) is 19.1 Å². The van der Waals surface area contributed by atoms with Crippen molar-refractivity contribution in [3.8, 4) is 5.69 Å². The van der Waals surface area contributed by atoms with Gasteiger partial charge in [-0.2, -0.15) is 4.98 Å². The van der Waals surface area contributed by atoms with E-state index in [4.69, 9.17) is 4.74 Å². The highest BCUT2D eigenvalue weighted by Gasteiger charge is 2.28. The zero-order valence-electron chi connectivity index (χ0n) is 20.4. The number of ether oxygens (including phenoxy) is 1. The number of fused-ring (bicyclic) bond motifs is 1. The Morgan fingerprint density at radius 3 is 2.44 bits per heavy atom. The average Bonchev–Trinajstić information content (AvgIpc) is 3.22. The molecule has 4 rings (SSSR count). The number of nitrogens with zero attached hydrogens (tertiary/aromatic N) is 5. The van der Waals surface area contributed by atoms with Crippen molar-refractivity contribution in [1.82, 2.24) is 24.0 Å². The number of esters is 1. The summed E-state index contributed by atoms with van der Waals surface area (Å²) in [6.07, 6.45) is 0.639. The second-order valence-corrected chi connectivity index (χ2v) is 9.44. The molecule has 1 fully saturated rings. The van der Waals surface area contributed by atoms with Crippen LogP contribution in [-0.2, 0) is 16.3 Å². The van der Waals surface area contributed by atoms with Crippen LogP contribution in [0.4, 0.5) is 10.7 Å². The average molecular weight is 497 g/mol. The molecule has 12 nitrogen and oxygen atoms in total. The number of benzene rings is 1. The zero-order valence-corrected chi connectivity index (χ0v) is 20.4. The number of hydrogen-bond donors (Lipinski definition) is 2. The molecule has 1 aliphatic heterocycles. The number of aromatic nitrogens is 4. The van der Waals surface area contributed by atoms with Gasteiger partial charge in [0.05, 0.1) is 11.1 Å². The molecule has 0 atom stereocenters. The van der Waals surface area contributed by atoms with Gasteiger partial charge in [-0.25, -0.2) is 14.2 Å². The fourth-order valence-corrected chi connectivity index (χ4v) is 3.94. The van der Waals surface area contributed by atoms with E-state index in [9.17, 15) is 24.3 Å². The Hall–Kier alpha value is -4.35. The van der Waals surface area contributed by atoms with Gasteiger partial charge < -0.3 is 19.6 Å². The van der Waals surface area contributed by atoms with Gasteiger partial charge in [0.25, 0.3) is 5.56 Å². The van der Waals surface area contributed by atoms with Crippen LogP contribution < -0.4 is 16.1 Å². The third-order valence-corrected chi connectivity index (χ3v) is 5.95. The molecule has 12 heteroatoms. The Balaban J connectivity index is 1.89. The summed E-state index contributed by atoms with van der Waals surface area (Å²) in [7, 11) is 0. The number of nitrogens with one attached hydrogen (secondary N) is 1. The molecule has 0 bridgehead atoms. The van der Waals surface area contributed by atoms with E-state index in [1.807, 2.05) is 17.0 Å². The summed E-state index contributed by atoms with van der Waals surface area (Å²) in [5.74, 6) is -0.182. The number of H-pyrrole nitrogens is 1. The fourth-order valence-electron chi connectivity index (χ4n) is 3.94. The maximum atomic E-state index is 13.6. The molecule has 0 radical (unpaired) electrons. The predicted octanol–water partition coefficient (Wildman–Crippen LogP) is 1.87. The van der Waals surface area contributed by atoms with Crippen molar-refractivity contribution in [3.05, 3.63) is 57.2 Å². The SMILES string of the molecule is C=Cc1ccccc1-n1c(N2CCN(C(=O)O)CC2)nc2[nH]c(=O)n(COC(=O)C(C)(C)C)c(=O)c21. The smallest absolute Gasteiger partial charge is 0.407 e. The van der Waals surface area contributed by atoms with Crippen LogP contribution in [0.2, 0.25) is 0 Å². The van der Waals surface area contributed by atoms with Crippen LogP contribution in [-0.4, -0.2) is 67.4 Å². The molecule has 1 aromatic carbocycles. The van der Waals surface area contributed by atoms with Crippen molar-refractivity contribution in [2.45, 2.75) is 27.5 Å². The van der Waals surface area contributed by atoms with Crippen LogP contribution in [0.3, 0.4) is 0 Å². The molecule has 0 spiro atoms. The molecule has 36 heavy (non-hydrogen) atoms. The third-order valence-electron chi connectivity index (χ3n) is 5.95. The van der Waals surface area contributed by atoms with E-state index in [-0.39, 0.29) is 24.3 Å². The summed E-state index contributed by atoms with van der Waals surface area (Å²) in [5.41, 5.74) is -0.776. The van der Waals surface area contributed by atoms with Gasteiger partial charge in [-0.1, -0.05) is 30.9 Å². The van der Waals surface area contributed by atoms with Crippen molar-refractivity contribution in [2.24, 2.45) is 5.41 Å². The maximum Gasteiger partial charge on any atom is 0.407 e. The van der Waals surface area contributed by atoms with Gasteiger partial charge in [-0.05, 0) is 32.4 Å². The standard InChI is InChI=1S/C24H28N6O6/c1-5-15-8-6-7-9-16(15)30-17-18(25-21(30)27-10-12-28(13-11-27)23(34)35)26-22(33)29(19(17)31)14-36-20(32)24(2,3)4/h5-9H,1,10-14H2,2-4H3,(H,26,33)(H,34,35). The monoisotopic (exact) mass is 496 g/mol. The molecule has 190 valence electrons. The second kappa shape index (κ2) is 9.36. The van der Waals surface area contributed by atoms with E-state index in [1.165, 1.54) is 4.90 Å². The Morgan fingerprint density at radius 2 is 1.83 bits per heavy atom. The van der Waals surface area contributed by atoms with Crippen LogP contribution in [0.25, 0.3) is 22.9 Å². The van der Waals surface area contributed by atoms with E-state index in [2.05, 4.69) is 16.5 Å². The number of para-hydroxylation sites is 1. The van der Waals surface area contributed by atoms with Crippen LogP contribution >= 0.6 is 0 Å². The van der Waals surface area contributed by atoms with Crippen molar-refractivity contribution in [3.63, 3.8) is 0 Å². The molecular weight excluding hydrogens is 468 g/mol. The van der Waals surface area contributed by atoms with Crippen LogP contribution in [0.5, 0.6) is 0 Å². The first-order valence-electron chi connectivity index (χ1n) is 11.4. The van der Waals surface area contributed by atoms with Gasteiger partial charge in [0.1, 0.15) is 0 Å². The lowest BCUT2D eigenvalue weighted by molar-refractivity contribution is -0.157. The van der Waals surface area contributed by atoms with E-state index in [0.717, 1.165) is 10.1 Å². The number of carboxylic acid groups (broad SMARTS) is 1. The van der Waals surface area contributed by atoms with E-state index >= 15 is 0 Å². The van der Waals surface area contributed by atoms with Crippen molar-refractivity contribution >= 4 is 35.3 Å². The van der Waals surface area contributed by atoms with E-state index in [0.29, 0.717) is 24.7 Å². The number of rotatable bonds is 5. The largest absolute Gasteiger partial charge is 0.465 e. The predicted molar refractivity (Wildman–Crippen MR) is 133 cm³/mol. The van der Waals surface area contributed by atoms with Crippen LogP contribution in [0, 0.1) is 5.41 Å². The Morgan fingerprint density at radius 1 is 1.17 bits per heavy atom. The van der Waals surface area contributed by atoms with E-state index < -0.39 is 35.5 Å². The van der Waals surface area contributed by atoms with Gasteiger partial charge in [-0.15, -0.1) is 0 Å².